The number of ether oxygens (including phenoxy) is 1. The number of carbonyl (C=O) groups excluding carboxylic acids is 1. The first-order valence-corrected chi connectivity index (χ1v) is 16.1. The van der Waals surface area contributed by atoms with Gasteiger partial charge in [0.1, 0.15) is 5.75 Å². The highest BCUT2D eigenvalue weighted by Crippen LogP contribution is 2.47. The Morgan fingerprint density at radius 2 is 2.00 bits per heavy atom. The Morgan fingerprint density at radius 1 is 1.13 bits per heavy atom. The summed E-state index contributed by atoms with van der Waals surface area (Å²) in [6.45, 7) is 6.81. The van der Waals surface area contributed by atoms with E-state index in [0.717, 1.165) is 80.2 Å². The first kappa shape index (κ1) is 27.3. The van der Waals surface area contributed by atoms with Gasteiger partial charge in [0.2, 0.25) is 0 Å². The fraction of sp³-hybridized carbons (Fsp3) is 0.594. The normalized spacial score (nSPS) is 33.2. The maximum Gasteiger partial charge on any atom is 0.261 e. The maximum absolute atomic E-state index is 13.2. The number of amides is 1. The van der Waals surface area contributed by atoms with E-state index in [1.807, 2.05) is 24.3 Å². The Bertz CT molecular complexity index is 1220. The van der Waals surface area contributed by atoms with E-state index in [1.165, 1.54) is 23.1 Å². The predicted octanol–water partition coefficient (Wildman–Crippen LogP) is 6.64. The molecule has 0 aromatic heterocycles. The van der Waals surface area contributed by atoms with Crippen LogP contribution < -0.4 is 14.4 Å². The first-order chi connectivity index (χ1) is 18.8. The minimum Gasteiger partial charge on any atom is -0.490 e. The lowest BCUT2D eigenvalue weighted by Crippen LogP contribution is -2.49. The summed E-state index contributed by atoms with van der Waals surface area (Å²) in [6.07, 6.45) is 7.09. The zero-order valence-corrected chi connectivity index (χ0v) is 24.7. The molecule has 2 aromatic carbocycles. The molecule has 2 aromatic rings. The Hall–Kier alpha value is -1.89. The number of benzene rings is 2. The molecule has 39 heavy (non-hydrogen) atoms. The molecule has 1 saturated carbocycles. The highest BCUT2D eigenvalue weighted by molar-refractivity contribution is 7.97. The van der Waals surface area contributed by atoms with Gasteiger partial charge < -0.3 is 14.7 Å². The quantitative estimate of drug-likeness (QED) is 0.349. The van der Waals surface area contributed by atoms with Gasteiger partial charge in [-0.1, -0.05) is 31.5 Å². The lowest BCUT2D eigenvalue weighted by Gasteiger charge is -2.46. The molecule has 2 N–H and O–H groups in total. The number of fused-ring (bicyclic) bond motifs is 4. The second kappa shape index (κ2) is 11.2. The maximum atomic E-state index is 13.2. The monoisotopic (exact) mass is 568 g/mol. The van der Waals surface area contributed by atoms with Crippen LogP contribution >= 0.6 is 23.5 Å². The Morgan fingerprint density at radius 3 is 2.82 bits per heavy atom. The fourth-order valence-electron chi connectivity index (χ4n) is 7.61. The molecule has 2 bridgehead atoms. The van der Waals surface area contributed by atoms with Gasteiger partial charge in [-0.2, -0.15) is 0 Å². The number of carbonyl (C=O) groups is 1. The molecule has 0 radical (unpaired) electrons. The van der Waals surface area contributed by atoms with Crippen LogP contribution in [0.25, 0.3) is 0 Å². The summed E-state index contributed by atoms with van der Waals surface area (Å²) in [7, 11) is 0. The van der Waals surface area contributed by atoms with Gasteiger partial charge in [-0.25, -0.2) is 0 Å². The molecular formula is C32H41ClN2O3S. The van der Waals surface area contributed by atoms with Crippen molar-refractivity contribution in [3.8, 4) is 5.75 Å². The highest BCUT2D eigenvalue weighted by atomic mass is 35.5. The van der Waals surface area contributed by atoms with Crippen LogP contribution in [0, 0.1) is 23.7 Å². The third kappa shape index (κ3) is 5.54. The minimum atomic E-state index is -0.258. The van der Waals surface area contributed by atoms with Gasteiger partial charge in [0, 0.05) is 34.8 Å². The van der Waals surface area contributed by atoms with E-state index >= 15 is 0 Å². The molecule has 0 unspecified atom stereocenters. The molecule has 0 saturated heterocycles. The SMILES string of the molecule is C[C@H]1CSNC(=O)c2ccc3c(c2)N(C[C@@H]2CC[C@H]2[C@H](O)C[C@@H](C)C1)C[C@@]1(CCCc2cc(Cl)ccc21)CO3. The van der Waals surface area contributed by atoms with Crippen LogP contribution in [0.4, 0.5) is 5.69 Å². The van der Waals surface area contributed by atoms with Gasteiger partial charge in [0.25, 0.3) is 5.91 Å². The standard InChI is InChI=1S/C32H41ClN2O3S/c1-20-12-21(2)17-39-34-31(37)23-6-10-30-28(15-23)35(16-24-5-8-26(24)29(36)13-20)18-32(19-38-30)11-3-4-22-14-25(33)7-9-27(22)32/h6-7,9-10,14-15,20-21,24,26,29,36H,3-5,8,11-13,16-19H2,1-2H3,(H,34,37)/t20-,21+,24-,26+,29+,32-/m0/s1. The molecule has 2 aliphatic carbocycles. The summed E-state index contributed by atoms with van der Waals surface area (Å²) in [5, 5.41) is 12.1. The summed E-state index contributed by atoms with van der Waals surface area (Å²) in [5.41, 5.74) is 4.20. The van der Waals surface area contributed by atoms with Crippen molar-refractivity contribution in [1.29, 1.82) is 0 Å². The molecule has 1 fully saturated rings. The summed E-state index contributed by atoms with van der Waals surface area (Å²) in [6, 6.07) is 12.3. The molecule has 6 atom stereocenters. The van der Waals surface area contributed by atoms with Crippen LogP contribution in [-0.4, -0.2) is 42.6 Å². The zero-order chi connectivity index (χ0) is 27.1. The van der Waals surface area contributed by atoms with Gasteiger partial charge >= 0.3 is 0 Å². The molecule has 1 amide bonds. The van der Waals surface area contributed by atoms with Gasteiger partial charge in [-0.3, -0.25) is 9.52 Å². The molecule has 7 heteroatoms. The molecule has 6 rings (SSSR count). The molecule has 1 spiro atoms. The number of hydrogen-bond acceptors (Lipinski definition) is 5. The van der Waals surface area contributed by atoms with Crippen LogP contribution in [0.3, 0.4) is 0 Å². The third-order valence-corrected chi connectivity index (χ3v) is 11.0. The topological polar surface area (TPSA) is 61.8 Å². The molecule has 2 aliphatic heterocycles. The first-order valence-electron chi connectivity index (χ1n) is 14.7. The smallest absolute Gasteiger partial charge is 0.261 e. The Kier molecular flexibility index (Phi) is 7.82. The van der Waals surface area contributed by atoms with E-state index in [-0.39, 0.29) is 17.4 Å². The molecular weight excluding hydrogens is 528 g/mol. The summed E-state index contributed by atoms with van der Waals surface area (Å²) < 4.78 is 9.67. The van der Waals surface area contributed by atoms with Crippen molar-refractivity contribution in [3.05, 3.63) is 58.1 Å². The summed E-state index contributed by atoms with van der Waals surface area (Å²) in [5.74, 6) is 3.35. The van der Waals surface area contributed by atoms with Crippen molar-refractivity contribution >= 4 is 35.1 Å². The highest BCUT2D eigenvalue weighted by Gasteiger charge is 2.44. The second-order valence-corrected chi connectivity index (χ2v) is 14.0. The zero-order valence-electron chi connectivity index (χ0n) is 23.1. The van der Waals surface area contributed by atoms with E-state index in [4.69, 9.17) is 16.3 Å². The number of hydrogen-bond donors (Lipinski definition) is 2. The van der Waals surface area contributed by atoms with Crippen LogP contribution in [0.15, 0.2) is 36.4 Å². The number of aryl methyl sites for hydroxylation is 1. The lowest BCUT2D eigenvalue weighted by atomic mass is 9.67. The van der Waals surface area contributed by atoms with E-state index < -0.39 is 0 Å². The van der Waals surface area contributed by atoms with E-state index in [2.05, 4.69) is 35.6 Å². The number of anilines is 1. The third-order valence-electron chi connectivity index (χ3n) is 9.71. The van der Waals surface area contributed by atoms with Crippen molar-refractivity contribution in [2.75, 3.05) is 30.3 Å². The molecule has 4 aliphatic rings. The van der Waals surface area contributed by atoms with Crippen molar-refractivity contribution in [3.63, 3.8) is 0 Å². The second-order valence-electron chi connectivity index (χ2n) is 12.8. The van der Waals surface area contributed by atoms with E-state index in [9.17, 15) is 9.90 Å². The fourth-order valence-corrected chi connectivity index (χ4v) is 8.56. The number of aliphatic hydroxyl groups is 1. The largest absolute Gasteiger partial charge is 0.490 e. The number of nitrogens with zero attached hydrogens (tertiary/aromatic N) is 1. The van der Waals surface area contributed by atoms with Crippen molar-refractivity contribution in [1.82, 2.24) is 4.72 Å². The Balaban J connectivity index is 1.38. The van der Waals surface area contributed by atoms with Gasteiger partial charge in [-0.15, -0.1) is 0 Å². The minimum absolute atomic E-state index is 0.0522. The van der Waals surface area contributed by atoms with Crippen LogP contribution in [0.5, 0.6) is 5.75 Å². The lowest BCUT2D eigenvalue weighted by molar-refractivity contribution is 0.000600. The van der Waals surface area contributed by atoms with Crippen LogP contribution in [0.2, 0.25) is 5.02 Å². The molecule has 2 heterocycles. The average molecular weight is 569 g/mol. The predicted molar refractivity (Wildman–Crippen MR) is 160 cm³/mol. The van der Waals surface area contributed by atoms with Gasteiger partial charge in [0.05, 0.1) is 18.4 Å². The van der Waals surface area contributed by atoms with Crippen LogP contribution in [0.1, 0.15) is 73.9 Å². The van der Waals surface area contributed by atoms with Crippen LogP contribution in [-0.2, 0) is 11.8 Å². The Labute approximate surface area is 242 Å². The molecule has 5 nitrogen and oxygen atoms in total. The summed E-state index contributed by atoms with van der Waals surface area (Å²) in [4.78, 5) is 15.7. The molecule has 210 valence electrons. The van der Waals surface area contributed by atoms with E-state index in [1.54, 1.807) is 0 Å². The number of halogens is 1. The van der Waals surface area contributed by atoms with E-state index in [0.29, 0.717) is 35.8 Å². The van der Waals surface area contributed by atoms with Gasteiger partial charge in [-0.05, 0) is 122 Å². The average Bonchev–Trinajstić information content (AvgIpc) is 3.02. The van der Waals surface area contributed by atoms with Gasteiger partial charge in [0.15, 0.2) is 0 Å². The van der Waals surface area contributed by atoms with Crippen molar-refractivity contribution < 1.29 is 14.6 Å². The number of aliphatic hydroxyl groups excluding tert-OH is 1. The van der Waals surface area contributed by atoms with Crippen molar-refractivity contribution in [2.24, 2.45) is 23.7 Å². The van der Waals surface area contributed by atoms with Crippen molar-refractivity contribution in [2.45, 2.75) is 70.3 Å². The number of nitrogens with one attached hydrogen (secondary N) is 1. The number of rotatable bonds is 0. The summed E-state index contributed by atoms with van der Waals surface area (Å²) >= 11 is 7.90.